The third-order valence-electron chi connectivity index (χ3n) is 6.07. The number of carbonyl (C=O) groups excluding carboxylic acids is 2. The first kappa shape index (κ1) is 46.7. The van der Waals surface area contributed by atoms with E-state index < -0.39 is 0 Å². The Morgan fingerprint density at radius 1 is 0.654 bits per heavy atom. The molecule has 0 unspecified atom stereocenters. The summed E-state index contributed by atoms with van der Waals surface area (Å²) in [6, 6.07) is 13.7. The molecule has 52 heavy (non-hydrogen) atoms. The number of carbonyl (C=O) groups is 2. The highest BCUT2D eigenvalue weighted by Crippen LogP contribution is 2.16. The summed E-state index contributed by atoms with van der Waals surface area (Å²) in [5.41, 5.74) is 1.79. The standard InChI is InChI=1S/C16H17NO2.C14H23NO2.C13H14O3/c1-5-11-17(12-6-2)15-9-7-14(8-10-15)16(18)19-13(3)4;1-6-8-15(9-7-2)10-11-16-12-13-17-14(3,4)5;1-4-9-15-12-7-5-11(6-8-12)13(14)16-10(2)3/h1-2,7-10,13H,11-12H2,3-4H3;1-2H,8-13H2,3-5H3;1,5-8,10H,9H2,2-3H3. The van der Waals surface area contributed by atoms with Crippen molar-refractivity contribution in [3.8, 4) is 67.5 Å². The van der Waals surface area contributed by atoms with Gasteiger partial charge in [0.2, 0.25) is 0 Å². The Bertz CT molecular complexity index is 1490. The lowest BCUT2D eigenvalue weighted by Crippen LogP contribution is -2.29. The third kappa shape index (κ3) is 23.1. The minimum atomic E-state index is -0.335. The van der Waals surface area contributed by atoms with E-state index in [1.165, 1.54) is 0 Å². The van der Waals surface area contributed by atoms with Gasteiger partial charge in [-0.15, -0.1) is 32.1 Å². The number of benzene rings is 2. The van der Waals surface area contributed by atoms with Crippen LogP contribution in [0.3, 0.4) is 0 Å². The van der Waals surface area contributed by atoms with Gasteiger partial charge in [-0.2, -0.15) is 0 Å². The molecule has 0 bridgehead atoms. The summed E-state index contributed by atoms with van der Waals surface area (Å²) in [5, 5.41) is 0. The highest BCUT2D eigenvalue weighted by atomic mass is 16.5. The quantitative estimate of drug-likeness (QED) is 0.112. The van der Waals surface area contributed by atoms with Crippen LogP contribution in [0.5, 0.6) is 5.75 Å². The van der Waals surface area contributed by atoms with Crippen LogP contribution in [0.15, 0.2) is 48.5 Å². The number of hydrogen-bond acceptors (Lipinski definition) is 9. The van der Waals surface area contributed by atoms with E-state index in [0.29, 0.717) is 62.9 Å². The maximum atomic E-state index is 11.7. The summed E-state index contributed by atoms with van der Waals surface area (Å²) in [5.74, 6) is 12.6. The molecule has 0 aliphatic rings. The van der Waals surface area contributed by atoms with Crippen LogP contribution in [0.1, 0.15) is 69.2 Å². The molecule has 2 aromatic carbocycles. The molecule has 9 nitrogen and oxygen atoms in total. The van der Waals surface area contributed by atoms with Gasteiger partial charge in [-0.3, -0.25) is 4.90 Å². The van der Waals surface area contributed by atoms with Gasteiger partial charge in [0.15, 0.2) is 0 Å². The molecule has 0 aromatic heterocycles. The lowest BCUT2D eigenvalue weighted by molar-refractivity contribution is -0.0363. The van der Waals surface area contributed by atoms with Crippen LogP contribution in [0.25, 0.3) is 0 Å². The lowest BCUT2D eigenvalue weighted by atomic mass is 10.2. The summed E-state index contributed by atoms with van der Waals surface area (Å²) < 4.78 is 26.3. The maximum Gasteiger partial charge on any atom is 0.338 e. The van der Waals surface area contributed by atoms with E-state index in [9.17, 15) is 9.59 Å². The predicted molar refractivity (Wildman–Crippen MR) is 209 cm³/mol. The maximum absolute atomic E-state index is 11.7. The Hall–Kier alpha value is -5.34. The SMILES string of the molecule is C#CCN(CC#C)CCOCCOC(C)(C)C.C#CCN(CC#C)c1ccc(C(=O)OC(C)C)cc1.C#CCOc1ccc(C(=O)OC(C)C)cc1. The molecule has 0 aliphatic heterocycles. The van der Waals surface area contributed by atoms with Crippen molar-refractivity contribution in [2.75, 3.05) is 64.1 Å². The van der Waals surface area contributed by atoms with E-state index in [4.69, 9.17) is 55.8 Å². The van der Waals surface area contributed by atoms with Crippen molar-refractivity contribution in [2.45, 2.75) is 66.3 Å². The van der Waals surface area contributed by atoms with Crippen LogP contribution in [-0.4, -0.2) is 93.8 Å². The second kappa shape index (κ2) is 27.4. The highest BCUT2D eigenvalue weighted by Gasteiger charge is 2.11. The van der Waals surface area contributed by atoms with Crippen LogP contribution in [-0.2, 0) is 18.9 Å². The molecule has 0 heterocycles. The van der Waals surface area contributed by atoms with Gasteiger partial charge in [0.1, 0.15) is 12.4 Å². The van der Waals surface area contributed by atoms with E-state index in [1.807, 2.05) is 70.4 Å². The molecule has 0 saturated carbocycles. The molecule has 0 radical (unpaired) electrons. The Kier molecular flexibility index (Phi) is 24.6. The number of ether oxygens (including phenoxy) is 5. The van der Waals surface area contributed by atoms with E-state index in [0.717, 1.165) is 12.2 Å². The molecule has 0 amide bonds. The molecule has 0 atom stereocenters. The van der Waals surface area contributed by atoms with Crippen molar-refractivity contribution >= 4 is 17.6 Å². The third-order valence-corrected chi connectivity index (χ3v) is 6.07. The molecular weight excluding hydrogens is 656 g/mol. The molecule has 2 rings (SSSR count). The second-order valence-corrected chi connectivity index (χ2v) is 12.4. The van der Waals surface area contributed by atoms with Gasteiger partial charge < -0.3 is 28.6 Å². The Labute approximate surface area is 312 Å². The topological polar surface area (TPSA) is 86.8 Å². The predicted octanol–water partition coefficient (Wildman–Crippen LogP) is 5.97. The first-order valence-electron chi connectivity index (χ1n) is 16.8. The molecule has 9 heteroatoms. The smallest absolute Gasteiger partial charge is 0.338 e. The number of nitrogens with zero attached hydrogens (tertiary/aromatic N) is 2. The van der Waals surface area contributed by atoms with Gasteiger partial charge in [0.25, 0.3) is 0 Å². The minimum Gasteiger partial charge on any atom is -0.481 e. The zero-order valence-corrected chi connectivity index (χ0v) is 31.8. The summed E-state index contributed by atoms with van der Waals surface area (Å²) in [7, 11) is 0. The van der Waals surface area contributed by atoms with Crippen LogP contribution < -0.4 is 9.64 Å². The average molecular weight is 711 g/mol. The second-order valence-electron chi connectivity index (χ2n) is 12.4. The van der Waals surface area contributed by atoms with E-state index in [1.54, 1.807) is 36.4 Å². The van der Waals surface area contributed by atoms with E-state index in [-0.39, 0.29) is 36.4 Å². The van der Waals surface area contributed by atoms with E-state index in [2.05, 4.69) is 29.6 Å². The summed E-state index contributed by atoms with van der Waals surface area (Å²) in [6.45, 7) is 18.1. The Morgan fingerprint density at radius 3 is 1.52 bits per heavy atom. The van der Waals surface area contributed by atoms with Gasteiger partial charge in [-0.25, -0.2) is 9.59 Å². The highest BCUT2D eigenvalue weighted by molar-refractivity contribution is 5.90. The Morgan fingerprint density at radius 2 is 1.12 bits per heavy atom. The molecule has 0 spiro atoms. The van der Waals surface area contributed by atoms with Crippen molar-refractivity contribution < 1.29 is 33.3 Å². The lowest BCUT2D eigenvalue weighted by Gasteiger charge is -2.20. The van der Waals surface area contributed by atoms with Gasteiger partial charge >= 0.3 is 11.9 Å². The average Bonchev–Trinajstić information content (AvgIpc) is 3.09. The molecule has 0 aliphatic carbocycles. The molecule has 2 aromatic rings. The van der Waals surface area contributed by atoms with Crippen molar-refractivity contribution in [3.05, 3.63) is 59.7 Å². The number of rotatable bonds is 17. The monoisotopic (exact) mass is 710 g/mol. The van der Waals surface area contributed by atoms with Gasteiger partial charge in [0.05, 0.1) is 74.9 Å². The zero-order valence-electron chi connectivity index (χ0n) is 31.8. The first-order valence-corrected chi connectivity index (χ1v) is 16.8. The molecular formula is C43H54N2O7. The molecule has 0 saturated heterocycles. The number of anilines is 1. The largest absolute Gasteiger partial charge is 0.481 e. The van der Waals surface area contributed by atoms with Crippen molar-refractivity contribution in [2.24, 2.45) is 0 Å². The van der Waals surface area contributed by atoms with Crippen LogP contribution in [0.2, 0.25) is 0 Å². The van der Waals surface area contributed by atoms with Gasteiger partial charge in [-0.1, -0.05) is 29.6 Å². The van der Waals surface area contributed by atoms with Gasteiger partial charge in [-0.05, 0) is 97.0 Å². The van der Waals surface area contributed by atoms with Crippen molar-refractivity contribution in [3.63, 3.8) is 0 Å². The summed E-state index contributed by atoms with van der Waals surface area (Å²) in [6.07, 6.45) is 25.9. The van der Waals surface area contributed by atoms with Crippen molar-refractivity contribution in [1.29, 1.82) is 0 Å². The molecule has 278 valence electrons. The number of esters is 2. The van der Waals surface area contributed by atoms with E-state index >= 15 is 0 Å². The van der Waals surface area contributed by atoms with Crippen LogP contribution in [0.4, 0.5) is 5.69 Å². The number of hydrogen-bond donors (Lipinski definition) is 0. The van der Waals surface area contributed by atoms with Crippen molar-refractivity contribution in [1.82, 2.24) is 4.90 Å². The summed E-state index contributed by atoms with van der Waals surface area (Å²) >= 11 is 0. The fourth-order valence-corrected chi connectivity index (χ4v) is 3.82. The summed E-state index contributed by atoms with van der Waals surface area (Å²) in [4.78, 5) is 27.0. The number of terminal acetylenes is 5. The normalized spacial score (nSPS) is 10.1. The molecule has 0 fully saturated rings. The zero-order chi connectivity index (χ0) is 39.4. The van der Waals surface area contributed by atoms with Gasteiger partial charge in [0, 0.05) is 12.2 Å². The Balaban J connectivity index is 0.000000753. The first-order chi connectivity index (χ1) is 24.7. The van der Waals surface area contributed by atoms with Crippen LogP contribution >= 0.6 is 0 Å². The van der Waals surface area contributed by atoms with Crippen LogP contribution in [0, 0.1) is 61.7 Å². The fraction of sp³-hybridized carbons (Fsp3) is 0.442. The molecule has 0 N–H and O–H groups in total. The minimum absolute atomic E-state index is 0.109. The fourth-order valence-electron chi connectivity index (χ4n) is 3.82.